The van der Waals surface area contributed by atoms with E-state index in [1.807, 2.05) is 4.72 Å². The largest absolute Gasteiger partial charge is 0.369 e. The minimum absolute atomic E-state index is 0.105. The fourth-order valence-corrected chi connectivity index (χ4v) is 1.79. The molecule has 0 saturated heterocycles. The first-order valence-electron chi connectivity index (χ1n) is 4.10. The maximum atomic E-state index is 11.5. The van der Waals surface area contributed by atoms with Crippen molar-refractivity contribution < 1.29 is 13.2 Å². The molecule has 0 atom stereocenters. The average molecular weight is 240 g/mol. The molecule has 0 saturated carbocycles. The third-order valence-electron chi connectivity index (χ3n) is 1.60. The molecule has 0 fully saturated rings. The molecule has 1 amide bonds. The standard InChI is InChI=1S/C8H8N4O3S/c9-3-6-1-2-7(4-11-6)16(14,15)12-5-8(10)13/h1-2,4,12H,5H2,(H2,10,13). The molecule has 1 heterocycles. The third kappa shape index (κ3) is 3.01. The Balaban J connectivity index is 2.91. The molecule has 3 N–H and O–H groups in total. The van der Waals surface area contributed by atoms with E-state index >= 15 is 0 Å². The highest BCUT2D eigenvalue weighted by atomic mass is 32.2. The van der Waals surface area contributed by atoms with E-state index in [1.165, 1.54) is 12.1 Å². The van der Waals surface area contributed by atoms with Gasteiger partial charge in [0.1, 0.15) is 16.7 Å². The van der Waals surface area contributed by atoms with Crippen LogP contribution in [0.15, 0.2) is 23.2 Å². The number of nitrogens with one attached hydrogen (secondary N) is 1. The van der Waals surface area contributed by atoms with Crippen LogP contribution in [0.2, 0.25) is 0 Å². The van der Waals surface area contributed by atoms with E-state index in [0.29, 0.717) is 0 Å². The number of sulfonamides is 1. The molecule has 8 heteroatoms. The summed E-state index contributed by atoms with van der Waals surface area (Å²) in [6.45, 7) is -0.484. The molecule has 0 aromatic carbocycles. The van der Waals surface area contributed by atoms with Crippen molar-refractivity contribution in [1.82, 2.24) is 9.71 Å². The highest BCUT2D eigenvalue weighted by Crippen LogP contribution is 2.06. The summed E-state index contributed by atoms with van der Waals surface area (Å²) in [5.41, 5.74) is 4.90. The Bertz CT molecular complexity index is 529. The van der Waals surface area contributed by atoms with Crippen molar-refractivity contribution in [1.29, 1.82) is 5.26 Å². The predicted molar refractivity (Wildman–Crippen MR) is 53.3 cm³/mol. The number of hydrogen-bond donors (Lipinski definition) is 2. The van der Waals surface area contributed by atoms with Crippen molar-refractivity contribution >= 4 is 15.9 Å². The second kappa shape index (κ2) is 4.69. The molecule has 1 rings (SSSR count). The summed E-state index contributed by atoms with van der Waals surface area (Å²) in [4.78, 5) is 13.9. The van der Waals surface area contributed by atoms with Crippen LogP contribution >= 0.6 is 0 Å². The number of primary amides is 1. The minimum atomic E-state index is -3.80. The molecule has 16 heavy (non-hydrogen) atoms. The van der Waals surface area contributed by atoms with E-state index in [1.54, 1.807) is 6.07 Å². The van der Waals surface area contributed by atoms with Crippen LogP contribution < -0.4 is 10.5 Å². The fraction of sp³-hybridized carbons (Fsp3) is 0.125. The third-order valence-corrected chi connectivity index (χ3v) is 2.98. The van der Waals surface area contributed by atoms with E-state index in [-0.39, 0.29) is 10.6 Å². The van der Waals surface area contributed by atoms with Gasteiger partial charge in [-0.3, -0.25) is 4.79 Å². The molecule has 0 unspecified atom stereocenters. The van der Waals surface area contributed by atoms with Gasteiger partial charge in [-0.05, 0) is 12.1 Å². The zero-order valence-electron chi connectivity index (χ0n) is 8.04. The molecule has 0 spiro atoms. The lowest BCUT2D eigenvalue weighted by molar-refractivity contribution is -0.116. The molecule has 0 bridgehead atoms. The summed E-state index contributed by atoms with van der Waals surface area (Å²) >= 11 is 0. The predicted octanol–water partition coefficient (Wildman–Crippen LogP) is -1.28. The van der Waals surface area contributed by atoms with Crippen molar-refractivity contribution in [2.75, 3.05) is 6.54 Å². The van der Waals surface area contributed by atoms with Crippen LogP contribution in [0.25, 0.3) is 0 Å². The van der Waals surface area contributed by atoms with Crippen LogP contribution in [0.3, 0.4) is 0 Å². The number of nitrogens with zero attached hydrogens (tertiary/aromatic N) is 2. The van der Waals surface area contributed by atoms with Crippen molar-refractivity contribution in [3.8, 4) is 6.07 Å². The number of rotatable bonds is 4. The molecule has 0 aliphatic heterocycles. The van der Waals surface area contributed by atoms with Gasteiger partial charge in [-0.15, -0.1) is 0 Å². The van der Waals surface area contributed by atoms with Crippen LogP contribution in [0.5, 0.6) is 0 Å². The van der Waals surface area contributed by atoms with Gasteiger partial charge in [-0.1, -0.05) is 0 Å². The lowest BCUT2D eigenvalue weighted by atomic mass is 10.4. The smallest absolute Gasteiger partial charge is 0.242 e. The maximum absolute atomic E-state index is 11.5. The Kier molecular flexibility index (Phi) is 3.55. The molecule has 0 aliphatic carbocycles. The highest BCUT2D eigenvalue weighted by molar-refractivity contribution is 7.89. The summed E-state index contributed by atoms with van der Waals surface area (Å²) in [6, 6.07) is 4.24. The van der Waals surface area contributed by atoms with E-state index < -0.39 is 22.5 Å². The van der Waals surface area contributed by atoms with Crippen LogP contribution in [0.4, 0.5) is 0 Å². The zero-order chi connectivity index (χ0) is 12.2. The molecule has 1 aromatic heterocycles. The van der Waals surface area contributed by atoms with Crippen molar-refractivity contribution in [3.63, 3.8) is 0 Å². The summed E-state index contributed by atoms with van der Waals surface area (Å²) in [6.07, 6.45) is 1.03. The highest BCUT2D eigenvalue weighted by Gasteiger charge is 2.14. The Hall–Kier alpha value is -1.98. The van der Waals surface area contributed by atoms with Gasteiger partial charge in [0, 0.05) is 6.20 Å². The number of pyridine rings is 1. The number of carbonyl (C=O) groups is 1. The quantitative estimate of drug-likeness (QED) is 0.677. The van der Waals surface area contributed by atoms with Gasteiger partial charge < -0.3 is 5.73 Å². The number of aromatic nitrogens is 1. The first-order valence-corrected chi connectivity index (χ1v) is 5.58. The van der Waals surface area contributed by atoms with Gasteiger partial charge in [-0.2, -0.15) is 5.26 Å². The lowest BCUT2D eigenvalue weighted by Crippen LogP contribution is -2.33. The summed E-state index contributed by atoms with van der Waals surface area (Å²) in [5.74, 6) is -0.787. The fourth-order valence-electron chi connectivity index (χ4n) is 0.855. The van der Waals surface area contributed by atoms with Crippen LogP contribution in [0, 0.1) is 11.3 Å². The van der Waals surface area contributed by atoms with Crippen molar-refractivity contribution in [2.45, 2.75) is 4.90 Å². The molecular formula is C8H8N4O3S. The van der Waals surface area contributed by atoms with Crippen LogP contribution in [0.1, 0.15) is 5.69 Å². The van der Waals surface area contributed by atoms with E-state index in [0.717, 1.165) is 6.20 Å². The average Bonchev–Trinajstić information content (AvgIpc) is 2.27. The summed E-state index contributed by atoms with van der Waals surface area (Å²) < 4.78 is 25.0. The Morgan fingerprint density at radius 2 is 2.25 bits per heavy atom. The SMILES string of the molecule is N#Cc1ccc(S(=O)(=O)NCC(N)=O)cn1. The Morgan fingerprint density at radius 3 is 2.69 bits per heavy atom. The molecule has 0 radical (unpaired) electrons. The summed E-state index contributed by atoms with van der Waals surface area (Å²) in [5, 5.41) is 8.47. The second-order valence-corrected chi connectivity index (χ2v) is 4.55. The molecule has 84 valence electrons. The van der Waals surface area contributed by atoms with E-state index in [9.17, 15) is 13.2 Å². The van der Waals surface area contributed by atoms with E-state index in [2.05, 4.69) is 4.98 Å². The molecule has 1 aromatic rings. The monoisotopic (exact) mass is 240 g/mol. The van der Waals surface area contributed by atoms with Gasteiger partial charge in [-0.25, -0.2) is 18.1 Å². The van der Waals surface area contributed by atoms with Gasteiger partial charge in [0.2, 0.25) is 15.9 Å². The normalized spacial score (nSPS) is 10.7. The molecule has 7 nitrogen and oxygen atoms in total. The van der Waals surface area contributed by atoms with E-state index in [4.69, 9.17) is 11.0 Å². The molecule has 0 aliphatic rings. The number of carbonyl (C=O) groups excluding carboxylic acids is 1. The Labute approximate surface area is 92.0 Å². The van der Waals surface area contributed by atoms with Gasteiger partial charge in [0.25, 0.3) is 0 Å². The number of nitrogens with two attached hydrogens (primary N) is 1. The number of amides is 1. The van der Waals surface area contributed by atoms with Crippen molar-refractivity contribution in [3.05, 3.63) is 24.0 Å². The number of nitriles is 1. The van der Waals surface area contributed by atoms with Crippen LogP contribution in [-0.2, 0) is 14.8 Å². The molecular weight excluding hydrogens is 232 g/mol. The maximum Gasteiger partial charge on any atom is 0.242 e. The van der Waals surface area contributed by atoms with Gasteiger partial charge >= 0.3 is 0 Å². The van der Waals surface area contributed by atoms with Gasteiger partial charge in [0.15, 0.2) is 0 Å². The Morgan fingerprint density at radius 1 is 1.56 bits per heavy atom. The van der Waals surface area contributed by atoms with Gasteiger partial charge in [0.05, 0.1) is 6.54 Å². The second-order valence-electron chi connectivity index (χ2n) is 2.78. The number of hydrogen-bond acceptors (Lipinski definition) is 5. The first kappa shape index (κ1) is 12.1. The lowest BCUT2D eigenvalue weighted by Gasteiger charge is -2.03. The van der Waals surface area contributed by atoms with Crippen LogP contribution in [-0.4, -0.2) is 25.9 Å². The zero-order valence-corrected chi connectivity index (χ0v) is 8.86. The topological polar surface area (TPSA) is 126 Å². The minimum Gasteiger partial charge on any atom is -0.369 e. The first-order chi connectivity index (χ1) is 7.45. The van der Waals surface area contributed by atoms with Crippen molar-refractivity contribution in [2.24, 2.45) is 5.73 Å². The summed E-state index contributed by atoms with van der Waals surface area (Å²) in [7, 11) is -3.80.